The molecule has 4 nitrogen and oxygen atoms in total. The third-order valence-electron chi connectivity index (χ3n) is 4.37. The van der Waals surface area contributed by atoms with Crippen LogP contribution in [0.1, 0.15) is 42.4 Å². The van der Waals surface area contributed by atoms with Crippen LogP contribution < -0.4 is 5.32 Å². The molecule has 1 aromatic heterocycles. The molecule has 0 atom stereocenters. The van der Waals surface area contributed by atoms with Crippen LogP contribution in [-0.4, -0.2) is 22.0 Å². The Morgan fingerprint density at radius 1 is 1.04 bits per heavy atom. The minimum atomic E-state index is -0.0138. The third kappa shape index (κ3) is 4.27. The number of carbonyl (C=O) groups excluding carboxylic acids is 1. The molecule has 0 radical (unpaired) electrons. The highest BCUT2D eigenvalue weighted by molar-refractivity contribution is 5.94. The van der Waals surface area contributed by atoms with Gasteiger partial charge in [0.05, 0.1) is 11.0 Å². The van der Waals surface area contributed by atoms with E-state index in [0.29, 0.717) is 12.1 Å². The van der Waals surface area contributed by atoms with Crippen molar-refractivity contribution in [2.75, 3.05) is 6.54 Å². The molecular weight excluding hydrogens is 310 g/mol. The number of fused-ring (bicyclic) bond motifs is 1. The first kappa shape index (κ1) is 17.2. The maximum Gasteiger partial charge on any atom is 0.251 e. The Morgan fingerprint density at radius 2 is 1.80 bits per heavy atom. The van der Waals surface area contributed by atoms with E-state index in [1.807, 2.05) is 36.4 Å². The predicted octanol–water partition coefficient (Wildman–Crippen LogP) is 4.20. The van der Waals surface area contributed by atoms with Gasteiger partial charge in [-0.2, -0.15) is 0 Å². The van der Waals surface area contributed by atoms with Crippen molar-refractivity contribution in [1.82, 2.24) is 14.9 Å². The summed E-state index contributed by atoms with van der Waals surface area (Å²) in [5.41, 5.74) is 2.97. The van der Waals surface area contributed by atoms with Crippen molar-refractivity contribution in [3.8, 4) is 0 Å². The maximum absolute atomic E-state index is 12.1. The second-order valence-electron chi connectivity index (χ2n) is 6.25. The van der Waals surface area contributed by atoms with Crippen molar-refractivity contribution in [2.24, 2.45) is 0 Å². The van der Waals surface area contributed by atoms with Crippen molar-refractivity contribution in [3.63, 3.8) is 0 Å². The SMILES string of the molecule is CCCCn1c(CCCNC(=O)c2ccccc2)nc2ccccc21. The molecule has 3 aromatic rings. The molecule has 1 amide bonds. The number of para-hydroxylation sites is 2. The number of unbranched alkanes of at least 4 members (excludes halogenated alkanes) is 1. The minimum Gasteiger partial charge on any atom is -0.352 e. The standard InChI is InChI=1S/C21H25N3O/c1-2-3-16-24-19-13-8-7-12-18(19)23-20(24)14-9-15-22-21(25)17-10-5-4-6-11-17/h4-8,10-13H,2-3,9,14-16H2,1H3,(H,22,25). The van der Waals surface area contributed by atoms with Gasteiger partial charge in [0.15, 0.2) is 0 Å². The minimum absolute atomic E-state index is 0.0138. The fraction of sp³-hybridized carbons (Fsp3) is 0.333. The van der Waals surface area contributed by atoms with Gasteiger partial charge >= 0.3 is 0 Å². The van der Waals surface area contributed by atoms with Crippen molar-refractivity contribution >= 4 is 16.9 Å². The summed E-state index contributed by atoms with van der Waals surface area (Å²) < 4.78 is 2.33. The zero-order valence-corrected chi connectivity index (χ0v) is 14.7. The number of carbonyl (C=O) groups is 1. The normalized spacial score (nSPS) is 10.9. The highest BCUT2D eigenvalue weighted by Gasteiger charge is 2.10. The Bertz CT molecular complexity index is 824. The van der Waals surface area contributed by atoms with E-state index in [0.717, 1.165) is 37.1 Å². The Labute approximate surface area is 148 Å². The fourth-order valence-corrected chi connectivity index (χ4v) is 3.02. The number of aromatic nitrogens is 2. The van der Waals surface area contributed by atoms with Gasteiger partial charge in [0.1, 0.15) is 5.82 Å². The van der Waals surface area contributed by atoms with Crippen molar-refractivity contribution in [3.05, 3.63) is 66.0 Å². The summed E-state index contributed by atoms with van der Waals surface area (Å²) in [7, 11) is 0. The molecule has 0 unspecified atom stereocenters. The Morgan fingerprint density at radius 3 is 2.60 bits per heavy atom. The molecule has 0 aliphatic carbocycles. The monoisotopic (exact) mass is 335 g/mol. The number of amides is 1. The van der Waals surface area contributed by atoms with E-state index < -0.39 is 0 Å². The predicted molar refractivity (Wildman–Crippen MR) is 102 cm³/mol. The van der Waals surface area contributed by atoms with Crippen LogP contribution in [0, 0.1) is 0 Å². The molecule has 0 saturated heterocycles. The average molecular weight is 335 g/mol. The van der Waals surface area contributed by atoms with E-state index in [-0.39, 0.29) is 5.91 Å². The summed E-state index contributed by atoms with van der Waals surface area (Å²) in [6.07, 6.45) is 4.07. The summed E-state index contributed by atoms with van der Waals surface area (Å²) in [5, 5.41) is 2.99. The summed E-state index contributed by atoms with van der Waals surface area (Å²) in [6.45, 7) is 3.87. The van der Waals surface area contributed by atoms with Crippen LogP contribution in [0.2, 0.25) is 0 Å². The molecule has 0 spiro atoms. The number of aryl methyl sites for hydroxylation is 2. The second-order valence-corrected chi connectivity index (χ2v) is 6.25. The van der Waals surface area contributed by atoms with Gasteiger partial charge < -0.3 is 9.88 Å². The quantitative estimate of drug-likeness (QED) is 0.627. The number of nitrogens with zero attached hydrogens (tertiary/aromatic N) is 2. The van der Waals surface area contributed by atoms with Gasteiger partial charge in [-0.25, -0.2) is 4.98 Å². The molecule has 0 bridgehead atoms. The largest absolute Gasteiger partial charge is 0.352 e. The number of rotatable bonds is 8. The Balaban J connectivity index is 1.60. The topological polar surface area (TPSA) is 46.9 Å². The number of nitrogens with one attached hydrogen (secondary N) is 1. The first-order chi connectivity index (χ1) is 12.3. The van der Waals surface area contributed by atoms with E-state index in [1.165, 1.54) is 11.9 Å². The van der Waals surface area contributed by atoms with Crippen LogP contribution in [-0.2, 0) is 13.0 Å². The molecule has 2 aromatic carbocycles. The van der Waals surface area contributed by atoms with E-state index >= 15 is 0 Å². The van der Waals surface area contributed by atoms with Gasteiger partial charge in [0, 0.05) is 25.1 Å². The molecule has 1 N–H and O–H groups in total. The summed E-state index contributed by atoms with van der Waals surface area (Å²) in [4.78, 5) is 16.9. The van der Waals surface area contributed by atoms with Crippen molar-refractivity contribution in [1.29, 1.82) is 0 Å². The summed E-state index contributed by atoms with van der Waals surface area (Å²) in [5.74, 6) is 1.10. The lowest BCUT2D eigenvalue weighted by molar-refractivity contribution is 0.0953. The lowest BCUT2D eigenvalue weighted by Crippen LogP contribution is -2.24. The van der Waals surface area contributed by atoms with Crippen LogP contribution >= 0.6 is 0 Å². The van der Waals surface area contributed by atoms with E-state index in [9.17, 15) is 4.79 Å². The average Bonchev–Trinajstić information content (AvgIpc) is 3.01. The van der Waals surface area contributed by atoms with Crippen molar-refractivity contribution in [2.45, 2.75) is 39.2 Å². The molecule has 3 rings (SSSR count). The molecular formula is C21H25N3O. The van der Waals surface area contributed by atoms with Gasteiger partial charge in [-0.05, 0) is 37.1 Å². The molecule has 0 aliphatic heterocycles. The van der Waals surface area contributed by atoms with Crippen LogP contribution in [0.3, 0.4) is 0 Å². The molecule has 0 fully saturated rings. The zero-order valence-electron chi connectivity index (χ0n) is 14.7. The first-order valence-corrected chi connectivity index (χ1v) is 9.07. The van der Waals surface area contributed by atoms with Gasteiger partial charge in [-0.3, -0.25) is 4.79 Å². The second kappa shape index (κ2) is 8.47. The molecule has 4 heteroatoms. The zero-order chi connectivity index (χ0) is 17.5. The van der Waals surface area contributed by atoms with E-state index in [4.69, 9.17) is 4.98 Å². The molecule has 25 heavy (non-hydrogen) atoms. The lowest BCUT2D eigenvalue weighted by Gasteiger charge is -2.09. The highest BCUT2D eigenvalue weighted by Crippen LogP contribution is 2.18. The Hall–Kier alpha value is -2.62. The van der Waals surface area contributed by atoms with Crippen LogP contribution in [0.25, 0.3) is 11.0 Å². The van der Waals surface area contributed by atoms with Gasteiger partial charge in [-0.1, -0.05) is 43.7 Å². The smallest absolute Gasteiger partial charge is 0.251 e. The summed E-state index contributed by atoms with van der Waals surface area (Å²) in [6, 6.07) is 17.6. The lowest BCUT2D eigenvalue weighted by atomic mass is 10.2. The number of hydrogen-bond acceptors (Lipinski definition) is 2. The molecule has 130 valence electrons. The maximum atomic E-state index is 12.1. The van der Waals surface area contributed by atoms with Crippen LogP contribution in [0.15, 0.2) is 54.6 Å². The van der Waals surface area contributed by atoms with Gasteiger partial charge in [-0.15, -0.1) is 0 Å². The fourth-order valence-electron chi connectivity index (χ4n) is 3.02. The van der Waals surface area contributed by atoms with Crippen LogP contribution in [0.4, 0.5) is 0 Å². The van der Waals surface area contributed by atoms with E-state index in [2.05, 4.69) is 35.0 Å². The van der Waals surface area contributed by atoms with Crippen molar-refractivity contribution < 1.29 is 4.79 Å². The Kier molecular flexibility index (Phi) is 5.83. The van der Waals surface area contributed by atoms with Crippen LogP contribution in [0.5, 0.6) is 0 Å². The third-order valence-corrected chi connectivity index (χ3v) is 4.37. The first-order valence-electron chi connectivity index (χ1n) is 9.07. The van der Waals surface area contributed by atoms with Gasteiger partial charge in [0.2, 0.25) is 0 Å². The number of hydrogen-bond donors (Lipinski definition) is 1. The number of imidazole rings is 1. The summed E-state index contributed by atoms with van der Waals surface area (Å²) >= 11 is 0. The molecule has 1 heterocycles. The number of benzene rings is 2. The molecule has 0 aliphatic rings. The highest BCUT2D eigenvalue weighted by atomic mass is 16.1. The van der Waals surface area contributed by atoms with Gasteiger partial charge in [0.25, 0.3) is 5.91 Å². The molecule has 0 saturated carbocycles. The van der Waals surface area contributed by atoms with E-state index in [1.54, 1.807) is 0 Å².